The van der Waals surface area contributed by atoms with Crippen LogP contribution in [0.15, 0.2) is 12.3 Å². The van der Waals surface area contributed by atoms with Gasteiger partial charge in [0.05, 0.1) is 5.56 Å². The molecule has 1 aromatic heterocycles. The van der Waals surface area contributed by atoms with Crippen LogP contribution in [0, 0.1) is 11.7 Å². The van der Waals surface area contributed by atoms with Gasteiger partial charge in [0.15, 0.2) is 11.6 Å². The van der Waals surface area contributed by atoms with Crippen LogP contribution in [0.5, 0.6) is 0 Å². The minimum atomic E-state index is -0.735. The summed E-state index contributed by atoms with van der Waals surface area (Å²) >= 11 is 0. The minimum absolute atomic E-state index is 0.0241. The van der Waals surface area contributed by atoms with Gasteiger partial charge in [-0.15, -0.1) is 0 Å². The number of amides is 1. The Labute approximate surface area is 112 Å². The van der Waals surface area contributed by atoms with E-state index in [0.717, 1.165) is 19.3 Å². The molecule has 0 aromatic carbocycles. The van der Waals surface area contributed by atoms with Gasteiger partial charge in [-0.25, -0.2) is 9.37 Å². The van der Waals surface area contributed by atoms with E-state index in [1.807, 2.05) is 0 Å². The van der Waals surface area contributed by atoms with Crippen molar-refractivity contribution in [3.63, 3.8) is 0 Å². The third kappa shape index (κ3) is 3.22. The molecule has 2 atom stereocenters. The quantitative estimate of drug-likeness (QED) is 0.807. The van der Waals surface area contributed by atoms with Gasteiger partial charge >= 0.3 is 0 Å². The molecule has 1 amide bonds. The number of rotatable bonds is 2. The maximum absolute atomic E-state index is 13.7. The highest BCUT2D eigenvalue weighted by molar-refractivity contribution is 5.95. The van der Waals surface area contributed by atoms with Gasteiger partial charge < -0.3 is 11.1 Å². The van der Waals surface area contributed by atoms with E-state index in [4.69, 9.17) is 5.73 Å². The van der Waals surface area contributed by atoms with Gasteiger partial charge in [0.25, 0.3) is 5.91 Å². The molecule has 1 saturated carbocycles. The van der Waals surface area contributed by atoms with Crippen LogP contribution in [0.2, 0.25) is 0 Å². The lowest BCUT2D eigenvalue weighted by Gasteiger charge is -2.23. The topological polar surface area (TPSA) is 68.0 Å². The third-order valence-electron chi connectivity index (χ3n) is 3.84. The number of halogens is 1. The number of carbonyl (C=O) groups excluding carboxylic acids is 1. The van der Waals surface area contributed by atoms with Gasteiger partial charge in [-0.3, -0.25) is 4.79 Å². The number of nitrogens with zero attached hydrogens (tertiary/aromatic N) is 1. The van der Waals surface area contributed by atoms with E-state index in [2.05, 4.69) is 17.2 Å². The number of hydrogen-bond donors (Lipinski definition) is 2. The van der Waals surface area contributed by atoms with Crippen molar-refractivity contribution in [2.45, 2.75) is 45.1 Å². The molecule has 5 heteroatoms. The lowest BCUT2D eigenvalue weighted by molar-refractivity contribution is 0.0917. The molecule has 0 aliphatic heterocycles. The highest BCUT2D eigenvalue weighted by Gasteiger charge is 2.23. The fourth-order valence-corrected chi connectivity index (χ4v) is 2.59. The fraction of sp³-hybridized carbons (Fsp3) is 0.571. The van der Waals surface area contributed by atoms with Crippen molar-refractivity contribution in [3.05, 3.63) is 23.6 Å². The minimum Gasteiger partial charge on any atom is -0.381 e. The largest absolute Gasteiger partial charge is 0.381 e. The number of nitrogens with two attached hydrogens (primary N) is 1. The second-order valence-corrected chi connectivity index (χ2v) is 5.25. The summed E-state index contributed by atoms with van der Waals surface area (Å²) < 4.78 is 13.7. The van der Waals surface area contributed by atoms with Crippen LogP contribution >= 0.6 is 0 Å². The predicted molar refractivity (Wildman–Crippen MR) is 72.1 cm³/mol. The Kier molecular flexibility index (Phi) is 4.35. The number of carbonyl (C=O) groups is 1. The van der Waals surface area contributed by atoms with Crippen molar-refractivity contribution in [1.82, 2.24) is 10.3 Å². The molecule has 1 aliphatic rings. The molecule has 0 saturated heterocycles. The van der Waals surface area contributed by atoms with E-state index in [1.165, 1.54) is 25.1 Å². The van der Waals surface area contributed by atoms with Crippen molar-refractivity contribution in [1.29, 1.82) is 0 Å². The number of nitrogens with one attached hydrogen (secondary N) is 1. The second-order valence-electron chi connectivity index (χ2n) is 5.25. The molecule has 2 rings (SSSR count). The Balaban J connectivity index is 2.09. The number of hydrogen-bond acceptors (Lipinski definition) is 3. The van der Waals surface area contributed by atoms with Crippen molar-refractivity contribution in [2.24, 2.45) is 5.92 Å². The molecule has 19 heavy (non-hydrogen) atoms. The molecule has 1 heterocycles. The van der Waals surface area contributed by atoms with E-state index in [-0.39, 0.29) is 17.4 Å². The highest BCUT2D eigenvalue weighted by atomic mass is 19.1. The van der Waals surface area contributed by atoms with Crippen LogP contribution in [-0.4, -0.2) is 16.9 Å². The number of nitrogen functional groups attached to an aromatic ring is 1. The summed E-state index contributed by atoms with van der Waals surface area (Å²) in [5.74, 6) is -0.943. The first-order valence-electron chi connectivity index (χ1n) is 6.80. The lowest BCUT2D eigenvalue weighted by atomic mass is 9.96. The number of anilines is 1. The first kappa shape index (κ1) is 13.8. The summed E-state index contributed by atoms with van der Waals surface area (Å²) in [5, 5.41) is 2.93. The Morgan fingerprint density at radius 3 is 2.95 bits per heavy atom. The first-order valence-corrected chi connectivity index (χ1v) is 6.80. The van der Waals surface area contributed by atoms with Gasteiger partial charge in [-0.1, -0.05) is 26.2 Å². The maximum atomic E-state index is 13.7. The smallest absolute Gasteiger partial charge is 0.254 e. The van der Waals surface area contributed by atoms with Crippen molar-refractivity contribution < 1.29 is 9.18 Å². The molecular formula is C14H20FN3O. The summed E-state index contributed by atoms with van der Waals surface area (Å²) in [7, 11) is 0. The average Bonchev–Trinajstić information content (AvgIpc) is 2.58. The molecule has 1 fully saturated rings. The summed E-state index contributed by atoms with van der Waals surface area (Å²) in [6.45, 7) is 2.13. The van der Waals surface area contributed by atoms with Crippen LogP contribution in [0.25, 0.3) is 0 Å². The second kappa shape index (κ2) is 5.99. The highest BCUT2D eigenvalue weighted by Crippen LogP contribution is 2.23. The lowest BCUT2D eigenvalue weighted by Crippen LogP contribution is -2.39. The fourth-order valence-electron chi connectivity index (χ4n) is 2.59. The summed E-state index contributed by atoms with van der Waals surface area (Å²) in [6, 6.07) is 1.48. The van der Waals surface area contributed by atoms with Gasteiger partial charge in [0.1, 0.15) is 0 Å². The predicted octanol–water partition coefficient (Wildman–Crippen LogP) is 2.50. The van der Waals surface area contributed by atoms with Gasteiger partial charge in [0.2, 0.25) is 0 Å². The molecule has 1 aliphatic carbocycles. The molecule has 2 unspecified atom stereocenters. The molecule has 0 bridgehead atoms. The Bertz CT molecular complexity index is 464. The molecule has 3 N–H and O–H groups in total. The Morgan fingerprint density at radius 2 is 2.16 bits per heavy atom. The standard InChI is InChI=1S/C14H20FN3O/c1-9-5-3-2-4-6-11(9)18-14(19)10-7-8-17-13(16)12(10)15/h7-9,11H,2-6H2,1H3,(H2,16,17)(H,18,19). The molecular weight excluding hydrogens is 245 g/mol. The molecule has 1 aromatic rings. The molecule has 4 nitrogen and oxygen atoms in total. The van der Waals surface area contributed by atoms with Crippen LogP contribution < -0.4 is 11.1 Å². The zero-order chi connectivity index (χ0) is 13.8. The van der Waals surface area contributed by atoms with Gasteiger partial charge in [-0.05, 0) is 24.8 Å². The van der Waals surface area contributed by atoms with E-state index in [0.29, 0.717) is 5.92 Å². The van der Waals surface area contributed by atoms with Crippen molar-refractivity contribution in [2.75, 3.05) is 5.73 Å². The van der Waals surface area contributed by atoms with Crippen LogP contribution in [-0.2, 0) is 0 Å². The van der Waals surface area contributed by atoms with E-state index in [1.54, 1.807) is 0 Å². The summed E-state index contributed by atoms with van der Waals surface area (Å²) in [5.41, 5.74) is 5.35. The molecule has 0 spiro atoms. The van der Waals surface area contributed by atoms with Gasteiger partial charge in [0, 0.05) is 12.2 Å². The zero-order valence-corrected chi connectivity index (χ0v) is 11.2. The van der Waals surface area contributed by atoms with E-state index < -0.39 is 11.7 Å². The van der Waals surface area contributed by atoms with Crippen molar-refractivity contribution in [3.8, 4) is 0 Å². The van der Waals surface area contributed by atoms with E-state index in [9.17, 15) is 9.18 Å². The van der Waals surface area contributed by atoms with Crippen LogP contribution in [0.4, 0.5) is 10.2 Å². The molecule has 104 valence electrons. The van der Waals surface area contributed by atoms with Crippen LogP contribution in [0.3, 0.4) is 0 Å². The number of aromatic nitrogens is 1. The van der Waals surface area contributed by atoms with E-state index >= 15 is 0 Å². The zero-order valence-electron chi connectivity index (χ0n) is 11.2. The van der Waals surface area contributed by atoms with Gasteiger partial charge in [-0.2, -0.15) is 0 Å². The molecule has 0 radical (unpaired) electrons. The SMILES string of the molecule is CC1CCCCCC1NC(=O)c1ccnc(N)c1F. The maximum Gasteiger partial charge on any atom is 0.254 e. The van der Waals surface area contributed by atoms with Crippen molar-refractivity contribution >= 4 is 11.7 Å². The average molecular weight is 265 g/mol. The monoisotopic (exact) mass is 265 g/mol. The summed E-state index contributed by atoms with van der Waals surface area (Å²) in [4.78, 5) is 15.7. The summed E-state index contributed by atoms with van der Waals surface area (Å²) in [6.07, 6.45) is 6.92. The Hall–Kier alpha value is -1.65. The third-order valence-corrected chi connectivity index (χ3v) is 3.84. The van der Waals surface area contributed by atoms with Crippen LogP contribution in [0.1, 0.15) is 49.4 Å². The first-order chi connectivity index (χ1) is 9.09. The normalized spacial score (nSPS) is 23.7. The Morgan fingerprint density at radius 1 is 1.42 bits per heavy atom. The number of pyridine rings is 1.